The zero-order chi connectivity index (χ0) is 61.1. The third kappa shape index (κ3) is 29.0. The van der Waals surface area contributed by atoms with E-state index in [1.807, 2.05) is 91.9 Å². The Hall–Kier alpha value is -6.45. The van der Waals surface area contributed by atoms with Gasteiger partial charge in [-0.25, -0.2) is 9.36 Å². The van der Waals surface area contributed by atoms with Crippen LogP contribution in [0.3, 0.4) is 0 Å². The van der Waals surface area contributed by atoms with Crippen LogP contribution in [0.1, 0.15) is 88.2 Å². The van der Waals surface area contributed by atoms with Gasteiger partial charge in [0.2, 0.25) is 23.4 Å². The number of nitrogens with one attached hydrogen (secondary N) is 2. The second-order valence-corrected chi connectivity index (χ2v) is 21.7. The van der Waals surface area contributed by atoms with Crippen molar-refractivity contribution in [1.29, 1.82) is 0 Å². The number of pyridine rings is 1. The first kappa shape index (κ1) is 72.8. The van der Waals surface area contributed by atoms with Gasteiger partial charge < -0.3 is 43.3 Å². The molecule has 0 saturated heterocycles. The lowest BCUT2D eigenvalue weighted by Crippen LogP contribution is -3.00. The molecule has 0 spiro atoms. The Kier molecular flexibility index (Phi) is 35.6. The van der Waals surface area contributed by atoms with E-state index >= 15 is 0 Å². The number of nitrogens with two attached hydrogens (primary N) is 1. The Labute approximate surface area is 537 Å². The maximum Gasteiger partial charge on any atom is 0.335 e. The first-order valence-corrected chi connectivity index (χ1v) is 30.0. The molecule has 0 radical (unpaired) electrons. The van der Waals surface area contributed by atoms with Crippen LogP contribution in [0.4, 0.5) is 0 Å². The molecule has 1 aromatic heterocycles. The molecule has 2 amide bonds. The zero-order valence-corrected chi connectivity index (χ0v) is 52.7. The van der Waals surface area contributed by atoms with E-state index in [1.54, 1.807) is 36.4 Å². The van der Waals surface area contributed by atoms with Crippen LogP contribution >= 0.6 is 69.6 Å². The van der Waals surface area contributed by atoms with Crippen LogP contribution in [-0.2, 0) is 30.5 Å². The molecule has 0 atom stereocenters. The summed E-state index contributed by atoms with van der Waals surface area (Å²) in [4.78, 5) is 61.9. The van der Waals surface area contributed by atoms with Gasteiger partial charge in [0.15, 0.2) is 18.1 Å². The SMILES string of the molecule is C=CC(=O)NCCCCCCN1C=CC(=CC=C2C=C(Cl)C=C(Cl)C2=O)C=C1.C=CC(=O)NCCCCCC[n+]1ccc(/C=C/c2cc(Cl)cc(Cl)c2OC(=O)C=C)cc1.NCCCCCCN1C=CC(=CC=C2C=C(Cl)C=C(Cl)C2=O)C=C1.[Cl-]. The fourth-order valence-corrected chi connectivity index (χ4v) is 9.58. The van der Waals surface area contributed by atoms with Gasteiger partial charge in [-0.3, -0.25) is 19.2 Å². The lowest BCUT2D eigenvalue weighted by atomic mass is 10.0. The van der Waals surface area contributed by atoms with E-state index in [1.165, 1.54) is 43.2 Å². The highest BCUT2D eigenvalue weighted by Gasteiger charge is 2.18. The van der Waals surface area contributed by atoms with E-state index < -0.39 is 5.97 Å². The Balaban J connectivity index is 0.000000335. The van der Waals surface area contributed by atoms with Crippen LogP contribution in [0.25, 0.3) is 12.2 Å². The van der Waals surface area contributed by atoms with Crippen LogP contribution in [0.2, 0.25) is 10.0 Å². The summed E-state index contributed by atoms with van der Waals surface area (Å²) in [5.74, 6) is -1.02. The van der Waals surface area contributed by atoms with Crippen molar-refractivity contribution in [3.63, 3.8) is 0 Å². The number of hydrogen-bond donors (Lipinski definition) is 3. The van der Waals surface area contributed by atoms with Crippen molar-refractivity contribution in [1.82, 2.24) is 20.4 Å². The molecule has 3 heterocycles. The maximum atomic E-state index is 12.0. The smallest absolute Gasteiger partial charge is 0.335 e. The van der Waals surface area contributed by atoms with Gasteiger partial charge in [0.1, 0.15) is 6.54 Å². The molecule has 452 valence electrons. The van der Waals surface area contributed by atoms with E-state index in [2.05, 4.69) is 44.7 Å². The number of aromatic nitrogens is 1. The molecule has 85 heavy (non-hydrogen) atoms. The number of esters is 1. The average Bonchev–Trinajstić information content (AvgIpc) is 3.66. The fourth-order valence-electron chi connectivity index (χ4n) is 8.01. The third-order valence-electron chi connectivity index (χ3n) is 12.6. The van der Waals surface area contributed by atoms with Gasteiger partial charge in [0.25, 0.3) is 0 Å². The lowest BCUT2D eigenvalue weighted by Gasteiger charge is -2.18. The van der Waals surface area contributed by atoms with E-state index in [4.69, 9.17) is 80.1 Å². The fraction of sp³-hybridized carbons (Fsp3) is 0.273. The number of rotatable bonds is 28. The van der Waals surface area contributed by atoms with Gasteiger partial charge in [-0.05, 0) is 135 Å². The highest BCUT2D eigenvalue weighted by atomic mass is 35.5. The molecule has 1 aromatic carbocycles. The number of carbonyl (C=O) groups excluding carboxylic acids is 5. The third-order valence-corrected chi connectivity index (χ3v) is 14.1. The second-order valence-electron chi connectivity index (χ2n) is 19.2. The molecular formula is C66H73Cl7N6O6. The van der Waals surface area contributed by atoms with E-state index in [0.717, 1.165) is 113 Å². The summed E-state index contributed by atoms with van der Waals surface area (Å²) in [5.41, 5.74) is 10.0. The van der Waals surface area contributed by atoms with E-state index in [9.17, 15) is 24.0 Å². The molecule has 2 aliphatic carbocycles. The molecule has 0 fully saturated rings. The number of hydrogen-bond acceptors (Lipinski definition) is 9. The second kappa shape index (κ2) is 41.6. The topological polar surface area (TPSA) is 155 Å². The minimum Gasteiger partial charge on any atom is -1.00 e. The summed E-state index contributed by atoms with van der Waals surface area (Å²) < 4.78 is 7.39. The molecule has 0 saturated carbocycles. The van der Waals surface area contributed by atoms with Crippen LogP contribution in [-0.4, -0.2) is 71.9 Å². The van der Waals surface area contributed by atoms with E-state index in [0.29, 0.717) is 44.9 Å². The summed E-state index contributed by atoms with van der Waals surface area (Å²) in [6.07, 6.45) is 54.0. The quantitative estimate of drug-likeness (QED) is 0.0248. The molecule has 0 bridgehead atoms. The van der Waals surface area contributed by atoms with Crippen molar-refractivity contribution in [3.8, 4) is 5.75 Å². The van der Waals surface area contributed by atoms with Gasteiger partial charge in [0.05, 0.1) is 15.1 Å². The van der Waals surface area contributed by atoms with Crippen molar-refractivity contribution >= 4 is 111 Å². The molecule has 6 rings (SSSR count). The molecule has 12 nitrogen and oxygen atoms in total. The predicted octanol–water partition coefficient (Wildman–Crippen LogP) is 11.8. The Bertz CT molecular complexity index is 3060. The van der Waals surface area contributed by atoms with Gasteiger partial charge in [-0.1, -0.05) is 158 Å². The van der Waals surface area contributed by atoms with Crippen LogP contribution < -0.4 is 38.1 Å². The van der Waals surface area contributed by atoms with Crippen molar-refractivity contribution < 1.29 is 45.7 Å². The number of amides is 2. The summed E-state index contributed by atoms with van der Waals surface area (Å²) in [7, 11) is 0. The van der Waals surface area contributed by atoms with Crippen LogP contribution in [0.5, 0.6) is 5.75 Å². The predicted molar refractivity (Wildman–Crippen MR) is 347 cm³/mol. The number of Topliss-reactive ketones (excluding diaryl/α,β-unsaturated/α-hetero) is 2. The number of ether oxygens (including phenoxy) is 1. The van der Waals surface area contributed by atoms with Crippen LogP contribution in [0, 0.1) is 0 Å². The first-order valence-electron chi connectivity index (χ1n) is 27.7. The van der Waals surface area contributed by atoms with Gasteiger partial charge in [0, 0.05) is 107 Å². The molecule has 0 unspecified atom stereocenters. The molecular weight excluding hydrogens is 1220 g/mol. The Morgan fingerprint density at radius 2 is 1.04 bits per heavy atom. The maximum absolute atomic E-state index is 12.0. The van der Waals surface area contributed by atoms with Crippen molar-refractivity contribution in [3.05, 3.63) is 236 Å². The highest BCUT2D eigenvalue weighted by molar-refractivity contribution is 6.48. The number of nitrogens with zero attached hydrogens (tertiary/aromatic N) is 3. The number of allylic oxidation sites excluding steroid dienone is 20. The van der Waals surface area contributed by atoms with Crippen molar-refractivity contribution in [2.45, 2.75) is 83.6 Å². The lowest BCUT2D eigenvalue weighted by molar-refractivity contribution is -0.697. The van der Waals surface area contributed by atoms with Crippen molar-refractivity contribution in [2.24, 2.45) is 5.73 Å². The van der Waals surface area contributed by atoms with Gasteiger partial charge in [-0.2, -0.15) is 0 Å². The normalized spacial score (nSPS) is 15.1. The Morgan fingerprint density at radius 3 is 1.49 bits per heavy atom. The molecule has 2 aliphatic heterocycles. The molecule has 4 N–H and O–H groups in total. The van der Waals surface area contributed by atoms with Crippen molar-refractivity contribution in [2.75, 3.05) is 32.7 Å². The Morgan fingerprint density at radius 1 is 0.576 bits per heavy atom. The number of aryl methyl sites for hydroxylation is 1. The zero-order valence-electron chi connectivity index (χ0n) is 47.5. The minimum absolute atomic E-state index is 0. The number of halogens is 7. The monoisotopic (exact) mass is 1290 g/mol. The van der Waals surface area contributed by atoms with Gasteiger partial charge in [-0.15, -0.1) is 0 Å². The van der Waals surface area contributed by atoms with Crippen LogP contribution in [0.15, 0.2) is 215 Å². The largest absolute Gasteiger partial charge is 1.00 e. The summed E-state index contributed by atoms with van der Waals surface area (Å²) in [5, 5.41) is 7.42. The number of ketones is 2. The summed E-state index contributed by atoms with van der Waals surface area (Å²) in [6.45, 7) is 15.3. The number of benzene rings is 1. The number of unbranched alkanes of at least 4 members (excludes halogenated alkanes) is 9. The highest BCUT2D eigenvalue weighted by Crippen LogP contribution is 2.34. The number of carbonyl (C=O) groups is 5. The van der Waals surface area contributed by atoms with E-state index in [-0.39, 0.29) is 56.6 Å². The van der Waals surface area contributed by atoms with Gasteiger partial charge >= 0.3 is 5.97 Å². The first-order chi connectivity index (χ1) is 40.5. The standard InChI is InChI=1S/C25H26Cl2N2O3.C22H24Cl2N2O2.C19H22Cl2N2O.ClH/c1-3-23(30)28-13-7-5-6-8-14-29-15-11-19(12-16-29)9-10-20-17-21(26)18-22(27)25(20)32-24(31)4-2;1-2-21(27)25-11-5-3-4-6-12-26-13-9-17(10-14-26)7-8-18-15-19(23)16-20(24)22(18)28;20-17-13-16(19(24)18(21)14-17)6-5-15-7-11-23(12-8-15)10-4-2-1-3-9-22;/h3-4,9-12,15-18H,1-2,5-8,13-14H2;2,7-10,13-16H,1,3-6,11-12H2,(H,25,27);5-8,11-14H,1-4,9-10,22H2;1H/b10-9+;;;. The molecule has 2 aromatic rings. The summed E-state index contributed by atoms with van der Waals surface area (Å²) >= 11 is 35.9. The average molecular weight is 1290 g/mol. The minimum atomic E-state index is -0.592. The molecule has 4 aliphatic rings. The molecule has 19 heteroatoms. The summed E-state index contributed by atoms with van der Waals surface area (Å²) in [6, 6.07) is 7.21.